The van der Waals surface area contributed by atoms with Crippen molar-refractivity contribution in [3.63, 3.8) is 0 Å². The van der Waals surface area contributed by atoms with Crippen molar-refractivity contribution < 1.29 is 4.79 Å². The molecule has 0 aromatic carbocycles. The molecule has 0 bridgehead atoms. The summed E-state index contributed by atoms with van der Waals surface area (Å²) in [5.41, 5.74) is 1.14. The number of thiazole rings is 1. The van der Waals surface area contributed by atoms with E-state index >= 15 is 0 Å². The van der Waals surface area contributed by atoms with E-state index in [0.29, 0.717) is 12.0 Å². The van der Waals surface area contributed by atoms with Crippen LogP contribution in [-0.4, -0.2) is 17.1 Å². The molecule has 0 aliphatic heterocycles. The van der Waals surface area contributed by atoms with Crippen molar-refractivity contribution >= 4 is 22.5 Å². The molecule has 0 spiro atoms. The normalized spacial score (nSPS) is 20.5. The molecular weight excluding hydrogens is 234 g/mol. The molecule has 0 saturated heterocycles. The van der Waals surface area contributed by atoms with Gasteiger partial charge in [-0.1, -0.05) is 12.8 Å². The molecule has 2 aliphatic carbocycles. The standard InChI is InChI=1S/C12H17N3OS/c16-11(13-9-3-1-2-4-9)15-12-14-10(7-17-12)8-5-6-8/h7-9H,1-6H2,(H2,13,14,15,16). The highest BCUT2D eigenvalue weighted by molar-refractivity contribution is 7.13. The fourth-order valence-corrected chi connectivity index (χ4v) is 3.09. The third kappa shape index (κ3) is 2.77. The first-order valence-electron chi connectivity index (χ1n) is 6.34. The van der Waals surface area contributed by atoms with Gasteiger partial charge in [-0.15, -0.1) is 11.3 Å². The number of nitrogens with one attached hydrogen (secondary N) is 2. The Bertz CT molecular complexity index is 408. The van der Waals surface area contributed by atoms with E-state index in [2.05, 4.69) is 21.0 Å². The summed E-state index contributed by atoms with van der Waals surface area (Å²) in [6, 6.07) is 0.256. The minimum absolute atomic E-state index is 0.103. The number of aromatic nitrogens is 1. The first kappa shape index (κ1) is 11.0. The predicted molar refractivity (Wildman–Crippen MR) is 68.5 cm³/mol. The van der Waals surface area contributed by atoms with Gasteiger partial charge in [0.1, 0.15) is 0 Å². The van der Waals surface area contributed by atoms with E-state index in [9.17, 15) is 4.79 Å². The SMILES string of the molecule is O=C(Nc1nc(C2CC2)cs1)NC1CCCC1. The third-order valence-electron chi connectivity index (χ3n) is 3.43. The van der Waals surface area contributed by atoms with Gasteiger partial charge in [0.05, 0.1) is 5.69 Å². The molecule has 1 heterocycles. The summed E-state index contributed by atoms with van der Waals surface area (Å²) in [5, 5.41) is 8.61. The Morgan fingerprint density at radius 3 is 2.76 bits per heavy atom. The van der Waals surface area contributed by atoms with Crippen molar-refractivity contribution in [3.8, 4) is 0 Å². The van der Waals surface area contributed by atoms with Gasteiger partial charge in [0.2, 0.25) is 0 Å². The van der Waals surface area contributed by atoms with E-state index in [1.807, 2.05) is 0 Å². The van der Waals surface area contributed by atoms with Gasteiger partial charge in [-0.2, -0.15) is 0 Å². The van der Waals surface area contributed by atoms with Crippen LogP contribution in [0.4, 0.5) is 9.93 Å². The van der Waals surface area contributed by atoms with Crippen LogP contribution in [0.1, 0.15) is 50.1 Å². The molecule has 0 radical (unpaired) electrons. The maximum atomic E-state index is 11.7. The summed E-state index contributed by atoms with van der Waals surface area (Å²) >= 11 is 1.52. The fraction of sp³-hybridized carbons (Fsp3) is 0.667. The number of carbonyl (C=O) groups excluding carboxylic acids is 1. The van der Waals surface area contributed by atoms with Crippen LogP contribution in [0.3, 0.4) is 0 Å². The number of urea groups is 1. The van der Waals surface area contributed by atoms with Crippen LogP contribution >= 0.6 is 11.3 Å². The van der Waals surface area contributed by atoms with E-state index in [-0.39, 0.29) is 6.03 Å². The van der Waals surface area contributed by atoms with Crippen LogP contribution in [-0.2, 0) is 0 Å². The number of hydrogen-bond acceptors (Lipinski definition) is 3. The van der Waals surface area contributed by atoms with Gasteiger partial charge < -0.3 is 5.32 Å². The largest absolute Gasteiger partial charge is 0.335 e. The Hall–Kier alpha value is -1.10. The predicted octanol–water partition coefficient (Wildman–Crippen LogP) is 3.08. The number of amides is 2. The summed E-state index contributed by atoms with van der Waals surface area (Å²) in [4.78, 5) is 16.1. The van der Waals surface area contributed by atoms with Crippen molar-refractivity contribution in [2.24, 2.45) is 0 Å². The lowest BCUT2D eigenvalue weighted by Crippen LogP contribution is -2.36. The van der Waals surface area contributed by atoms with E-state index < -0.39 is 0 Å². The highest BCUT2D eigenvalue weighted by atomic mass is 32.1. The quantitative estimate of drug-likeness (QED) is 0.867. The van der Waals surface area contributed by atoms with Gasteiger partial charge in [-0.3, -0.25) is 5.32 Å². The van der Waals surface area contributed by atoms with Crippen LogP contribution in [0.15, 0.2) is 5.38 Å². The molecule has 2 fully saturated rings. The molecule has 17 heavy (non-hydrogen) atoms. The molecule has 2 N–H and O–H groups in total. The molecule has 3 rings (SSSR count). The van der Waals surface area contributed by atoms with Crippen LogP contribution < -0.4 is 10.6 Å². The van der Waals surface area contributed by atoms with E-state index in [4.69, 9.17) is 0 Å². The lowest BCUT2D eigenvalue weighted by Gasteiger charge is -2.11. The topological polar surface area (TPSA) is 54.0 Å². The molecule has 1 aromatic heterocycles. The maximum Gasteiger partial charge on any atom is 0.321 e. The van der Waals surface area contributed by atoms with Crippen molar-refractivity contribution in [1.82, 2.24) is 10.3 Å². The highest BCUT2D eigenvalue weighted by Gasteiger charge is 2.26. The molecule has 1 aromatic rings. The second-order valence-electron chi connectivity index (χ2n) is 4.93. The first-order chi connectivity index (χ1) is 8.31. The molecule has 0 unspecified atom stereocenters. The second kappa shape index (κ2) is 4.64. The van der Waals surface area contributed by atoms with E-state index in [1.165, 1.54) is 37.0 Å². The number of carbonyl (C=O) groups is 1. The number of anilines is 1. The average molecular weight is 251 g/mol. The van der Waals surface area contributed by atoms with Crippen LogP contribution in [0, 0.1) is 0 Å². The maximum absolute atomic E-state index is 11.7. The summed E-state index contributed by atoms with van der Waals surface area (Å²) in [7, 11) is 0. The zero-order valence-corrected chi connectivity index (χ0v) is 10.6. The van der Waals surface area contributed by atoms with E-state index in [1.54, 1.807) is 0 Å². The summed E-state index contributed by atoms with van der Waals surface area (Å²) in [6.45, 7) is 0. The number of hydrogen-bond donors (Lipinski definition) is 2. The molecule has 2 aliphatic rings. The summed E-state index contributed by atoms with van der Waals surface area (Å²) in [6.07, 6.45) is 7.17. The lowest BCUT2D eigenvalue weighted by molar-refractivity contribution is 0.248. The van der Waals surface area contributed by atoms with Gasteiger partial charge in [-0.05, 0) is 25.7 Å². The van der Waals surface area contributed by atoms with Gasteiger partial charge >= 0.3 is 6.03 Å². The lowest BCUT2D eigenvalue weighted by atomic mass is 10.3. The van der Waals surface area contributed by atoms with Crippen molar-refractivity contribution in [3.05, 3.63) is 11.1 Å². The zero-order chi connectivity index (χ0) is 11.7. The molecule has 5 heteroatoms. The smallest absolute Gasteiger partial charge is 0.321 e. The second-order valence-corrected chi connectivity index (χ2v) is 5.79. The number of nitrogens with zero attached hydrogens (tertiary/aromatic N) is 1. The Kier molecular flexibility index (Phi) is 3.01. The molecule has 2 amide bonds. The minimum atomic E-state index is -0.103. The first-order valence-corrected chi connectivity index (χ1v) is 7.22. The van der Waals surface area contributed by atoms with Gasteiger partial charge in [-0.25, -0.2) is 9.78 Å². The van der Waals surface area contributed by atoms with Crippen LogP contribution in [0.25, 0.3) is 0 Å². The Morgan fingerprint density at radius 2 is 2.06 bits per heavy atom. The van der Waals surface area contributed by atoms with Gasteiger partial charge in [0, 0.05) is 17.3 Å². The van der Waals surface area contributed by atoms with Crippen LogP contribution in [0.2, 0.25) is 0 Å². The Balaban J connectivity index is 1.52. The van der Waals surface area contributed by atoms with Crippen molar-refractivity contribution in [2.75, 3.05) is 5.32 Å². The molecule has 4 nitrogen and oxygen atoms in total. The molecule has 0 atom stereocenters. The fourth-order valence-electron chi connectivity index (χ4n) is 2.30. The number of rotatable bonds is 3. The van der Waals surface area contributed by atoms with Crippen molar-refractivity contribution in [2.45, 2.75) is 50.5 Å². The monoisotopic (exact) mass is 251 g/mol. The Morgan fingerprint density at radius 1 is 1.29 bits per heavy atom. The van der Waals surface area contributed by atoms with Crippen molar-refractivity contribution in [1.29, 1.82) is 0 Å². The van der Waals surface area contributed by atoms with Gasteiger partial charge in [0.15, 0.2) is 5.13 Å². The summed E-state index contributed by atoms with van der Waals surface area (Å²) < 4.78 is 0. The average Bonchev–Trinajstić information content (AvgIpc) is 2.84. The highest BCUT2D eigenvalue weighted by Crippen LogP contribution is 2.40. The molecular formula is C12H17N3OS. The molecule has 92 valence electrons. The zero-order valence-electron chi connectivity index (χ0n) is 9.74. The summed E-state index contributed by atoms with van der Waals surface area (Å²) in [5.74, 6) is 0.652. The minimum Gasteiger partial charge on any atom is -0.335 e. The Labute approximate surface area is 105 Å². The van der Waals surface area contributed by atoms with Crippen LogP contribution in [0.5, 0.6) is 0 Å². The van der Waals surface area contributed by atoms with E-state index in [0.717, 1.165) is 23.7 Å². The molecule has 2 saturated carbocycles. The van der Waals surface area contributed by atoms with Gasteiger partial charge in [0.25, 0.3) is 0 Å². The third-order valence-corrected chi connectivity index (χ3v) is 4.20.